The number of rotatable bonds is 4. The number of aromatic nitrogens is 1. The van der Waals surface area contributed by atoms with Gasteiger partial charge in [-0.2, -0.15) is 0 Å². The highest BCUT2D eigenvalue weighted by atomic mass is 32.1. The van der Waals surface area contributed by atoms with Crippen molar-refractivity contribution in [1.29, 1.82) is 0 Å². The van der Waals surface area contributed by atoms with Crippen molar-refractivity contribution >= 4 is 17.3 Å². The number of carbonyl (C=O) groups is 1. The molecule has 0 aliphatic carbocycles. The first kappa shape index (κ1) is 13.9. The lowest BCUT2D eigenvalue weighted by Crippen LogP contribution is -2.05. The Balaban J connectivity index is 2.15. The quantitative estimate of drug-likeness (QED) is 0.939. The maximum atomic E-state index is 11.3. The van der Waals surface area contributed by atoms with Gasteiger partial charge in [0.15, 0.2) is 5.69 Å². The molecule has 1 atom stereocenters. The molecule has 1 aliphatic heterocycles. The molecular weight excluding hydrogens is 290 g/mol. The summed E-state index contributed by atoms with van der Waals surface area (Å²) in [6.07, 6.45) is 0.967. The summed E-state index contributed by atoms with van der Waals surface area (Å²) < 4.78 is 11.4. The highest BCUT2D eigenvalue weighted by Crippen LogP contribution is 2.42. The summed E-state index contributed by atoms with van der Waals surface area (Å²) in [6.45, 7) is 4.43. The minimum absolute atomic E-state index is 0.0481. The van der Waals surface area contributed by atoms with Crippen LogP contribution >= 0.6 is 11.3 Å². The summed E-state index contributed by atoms with van der Waals surface area (Å²) in [4.78, 5) is 15.8. The molecule has 0 spiro atoms. The molecule has 0 radical (unpaired) electrons. The Morgan fingerprint density at radius 3 is 3.10 bits per heavy atom. The van der Waals surface area contributed by atoms with E-state index in [4.69, 9.17) is 9.47 Å². The molecule has 1 aliphatic rings. The van der Waals surface area contributed by atoms with Crippen LogP contribution in [0.4, 0.5) is 0 Å². The van der Waals surface area contributed by atoms with Gasteiger partial charge in [-0.05, 0) is 26.0 Å². The van der Waals surface area contributed by atoms with Gasteiger partial charge in [0.1, 0.15) is 17.6 Å². The van der Waals surface area contributed by atoms with Crippen LogP contribution in [0.3, 0.4) is 0 Å². The Labute approximate surface area is 126 Å². The second-order valence-corrected chi connectivity index (χ2v) is 5.71. The highest BCUT2D eigenvalue weighted by molar-refractivity contribution is 7.13. The lowest BCUT2D eigenvalue weighted by molar-refractivity contribution is 0.0692. The average Bonchev–Trinajstić information content (AvgIpc) is 3.02. The predicted molar refractivity (Wildman–Crippen MR) is 79.5 cm³/mol. The summed E-state index contributed by atoms with van der Waals surface area (Å²) in [6, 6.07) is 3.81. The zero-order valence-electron chi connectivity index (χ0n) is 11.8. The van der Waals surface area contributed by atoms with Crippen LogP contribution < -0.4 is 9.47 Å². The lowest BCUT2D eigenvalue weighted by atomic mass is 10.0. The van der Waals surface area contributed by atoms with Crippen LogP contribution in [-0.4, -0.2) is 28.8 Å². The number of carboxylic acids is 1. The monoisotopic (exact) mass is 305 g/mol. The molecular formula is C15H15NO4S. The number of hydrogen-bond donors (Lipinski definition) is 1. The second-order valence-electron chi connectivity index (χ2n) is 4.86. The van der Waals surface area contributed by atoms with Crippen LogP contribution in [0, 0.1) is 0 Å². The molecule has 2 aromatic rings. The first-order valence-electron chi connectivity index (χ1n) is 6.73. The Bertz CT molecular complexity index is 695. The molecule has 5 nitrogen and oxygen atoms in total. The van der Waals surface area contributed by atoms with E-state index in [1.165, 1.54) is 16.8 Å². The average molecular weight is 305 g/mol. The third kappa shape index (κ3) is 2.47. The van der Waals surface area contributed by atoms with Crippen LogP contribution in [0.1, 0.15) is 29.9 Å². The minimum atomic E-state index is -1.04. The maximum Gasteiger partial charge on any atom is 0.356 e. The molecule has 1 aromatic carbocycles. The lowest BCUT2D eigenvalue weighted by Gasteiger charge is -2.11. The number of benzene rings is 1. The summed E-state index contributed by atoms with van der Waals surface area (Å²) >= 11 is 1.29. The van der Waals surface area contributed by atoms with Crippen molar-refractivity contribution in [3.63, 3.8) is 0 Å². The molecule has 2 heterocycles. The molecule has 110 valence electrons. The van der Waals surface area contributed by atoms with Crippen LogP contribution in [0.25, 0.3) is 10.4 Å². The number of fused-ring (bicyclic) bond motifs is 1. The first-order chi connectivity index (χ1) is 10.1. The van der Waals surface area contributed by atoms with E-state index in [1.54, 1.807) is 0 Å². The SMILES string of the molecule is CCOc1cc2c(cc1-c1scnc1C(=O)O)OC(C)C2. The summed E-state index contributed by atoms with van der Waals surface area (Å²) in [5, 5.41) is 9.24. The Kier molecular flexibility index (Phi) is 3.55. The van der Waals surface area contributed by atoms with E-state index in [-0.39, 0.29) is 11.8 Å². The maximum absolute atomic E-state index is 11.3. The number of hydrogen-bond acceptors (Lipinski definition) is 5. The van der Waals surface area contributed by atoms with Crippen molar-refractivity contribution in [2.45, 2.75) is 26.4 Å². The van der Waals surface area contributed by atoms with Gasteiger partial charge in [-0.15, -0.1) is 11.3 Å². The number of nitrogens with zero attached hydrogens (tertiary/aromatic N) is 1. The van der Waals surface area contributed by atoms with E-state index in [0.717, 1.165) is 23.3 Å². The molecule has 0 fully saturated rings. The van der Waals surface area contributed by atoms with Crippen molar-refractivity contribution in [2.75, 3.05) is 6.61 Å². The van der Waals surface area contributed by atoms with Gasteiger partial charge in [-0.1, -0.05) is 0 Å². The first-order valence-corrected chi connectivity index (χ1v) is 7.61. The summed E-state index contributed by atoms with van der Waals surface area (Å²) in [5.41, 5.74) is 3.40. The van der Waals surface area contributed by atoms with Crippen molar-refractivity contribution in [1.82, 2.24) is 4.98 Å². The molecule has 6 heteroatoms. The van der Waals surface area contributed by atoms with E-state index in [2.05, 4.69) is 4.98 Å². The van der Waals surface area contributed by atoms with Gasteiger partial charge < -0.3 is 14.6 Å². The van der Waals surface area contributed by atoms with Crippen LogP contribution in [0.5, 0.6) is 11.5 Å². The second kappa shape index (κ2) is 5.37. The van der Waals surface area contributed by atoms with Crippen LogP contribution in [0.15, 0.2) is 17.6 Å². The summed E-state index contributed by atoms with van der Waals surface area (Å²) in [7, 11) is 0. The molecule has 0 bridgehead atoms. The van der Waals surface area contributed by atoms with Gasteiger partial charge in [-0.3, -0.25) is 0 Å². The van der Waals surface area contributed by atoms with E-state index < -0.39 is 5.97 Å². The number of carboxylic acid groups (broad SMARTS) is 1. The fourth-order valence-electron chi connectivity index (χ4n) is 2.48. The standard InChI is InChI=1S/C15H15NO4S/c1-3-19-12-5-9-4-8(2)20-11(9)6-10(12)14-13(15(17)18)16-7-21-14/h5-8H,3-4H2,1-2H3,(H,17,18). The number of thiazole rings is 1. The van der Waals surface area contributed by atoms with Gasteiger partial charge in [0.05, 0.1) is 17.0 Å². The number of aromatic carboxylic acids is 1. The van der Waals surface area contributed by atoms with E-state index >= 15 is 0 Å². The Morgan fingerprint density at radius 1 is 1.57 bits per heavy atom. The van der Waals surface area contributed by atoms with Gasteiger partial charge >= 0.3 is 5.97 Å². The molecule has 21 heavy (non-hydrogen) atoms. The molecule has 3 rings (SSSR count). The molecule has 0 saturated heterocycles. The summed E-state index contributed by atoms with van der Waals surface area (Å²) in [5.74, 6) is 0.440. The van der Waals surface area contributed by atoms with Gasteiger partial charge in [0, 0.05) is 17.5 Å². The molecule has 0 saturated carbocycles. The van der Waals surface area contributed by atoms with Crippen molar-refractivity contribution in [3.05, 3.63) is 28.9 Å². The minimum Gasteiger partial charge on any atom is -0.493 e. The van der Waals surface area contributed by atoms with Crippen molar-refractivity contribution in [3.8, 4) is 21.9 Å². The van der Waals surface area contributed by atoms with Gasteiger partial charge in [0.25, 0.3) is 0 Å². The smallest absolute Gasteiger partial charge is 0.356 e. The van der Waals surface area contributed by atoms with Gasteiger partial charge in [0.2, 0.25) is 0 Å². The third-order valence-electron chi connectivity index (χ3n) is 3.31. The Morgan fingerprint density at radius 2 is 2.38 bits per heavy atom. The molecule has 1 unspecified atom stereocenters. The van der Waals surface area contributed by atoms with Crippen molar-refractivity contribution < 1.29 is 19.4 Å². The zero-order valence-corrected chi connectivity index (χ0v) is 12.6. The van der Waals surface area contributed by atoms with E-state index in [1.807, 2.05) is 26.0 Å². The fourth-order valence-corrected chi connectivity index (χ4v) is 3.28. The third-order valence-corrected chi connectivity index (χ3v) is 4.17. The van der Waals surface area contributed by atoms with E-state index in [9.17, 15) is 9.90 Å². The topological polar surface area (TPSA) is 68.7 Å². The number of ether oxygens (including phenoxy) is 2. The normalized spacial score (nSPS) is 16.4. The van der Waals surface area contributed by atoms with Crippen molar-refractivity contribution in [2.24, 2.45) is 0 Å². The highest BCUT2D eigenvalue weighted by Gasteiger charge is 2.25. The predicted octanol–water partition coefficient (Wildman–Crippen LogP) is 3.23. The van der Waals surface area contributed by atoms with E-state index in [0.29, 0.717) is 17.2 Å². The largest absolute Gasteiger partial charge is 0.493 e. The molecule has 1 aromatic heterocycles. The zero-order chi connectivity index (χ0) is 15.0. The molecule has 0 amide bonds. The van der Waals surface area contributed by atoms with Crippen LogP contribution in [0.2, 0.25) is 0 Å². The van der Waals surface area contributed by atoms with Crippen LogP contribution in [-0.2, 0) is 6.42 Å². The molecule has 1 N–H and O–H groups in total. The fraction of sp³-hybridized carbons (Fsp3) is 0.333. The van der Waals surface area contributed by atoms with Gasteiger partial charge in [-0.25, -0.2) is 9.78 Å². The Hall–Kier alpha value is -2.08.